The van der Waals surface area contributed by atoms with Crippen molar-refractivity contribution in [1.29, 1.82) is 0 Å². The fourth-order valence-corrected chi connectivity index (χ4v) is 2.93. The van der Waals surface area contributed by atoms with Gasteiger partial charge < -0.3 is 15.1 Å². The van der Waals surface area contributed by atoms with Gasteiger partial charge in [0.2, 0.25) is 0 Å². The number of hydrogen-bond acceptors (Lipinski definition) is 1. The van der Waals surface area contributed by atoms with E-state index in [4.69, 9.17) is 12.2 Å². The Balaban J connectivity index is 1.45. The van der Waals surface area contributed by atoms with E-state index in [2.05, 4.69) is 40.5 Å². The molecule has 1 saturated carbocycles. The predicted molar refractivity (Wildman–Crippen MR) is 81.2 cm³/mol. The third kappa shape index (κ3) is 3.67. The number of nitrogens with one attached hydrogen (secondary N) is 2. The summed E-state index contributed by atoms with van der Waals surface area (Å²) in [4.78, 5) is 4.00. The Kier molecular flexibility index (Phi) is 3.99. The van der Waals surface area contributed by atoms with Crippen LogP contribution in [0.2, 0.25) is 0 Å². The van der Waals surface area contributed by atoms with Crippen LogP contribution in [-0.4, -0.2) is 42.2 Å². The largest absolute Gasteiger partial charge is 0.360 e. The summed E-state index contributed by atoms with van der Waals surface area (Å²) < 4.78 is 0. The van der Waals surface area contributed by atoms with Gasteiger partial charge in [-0.1, -0.05) is 30.3 Å². The maximum atomic E-state index is 5.46. The molecule has 1 heterocycles. The first kappa shape index (κ1) is 12.9. The van der Waals surface area contributed by atoms with Crippen LogP contribution in [0.4, 0.5) is 0 Å². The van der Waals surface area contributed by atoms with Gasteiger partial charge in [0.05, 0.1) is 26.2 Å². The molecule has 1 aromatic carbocycles. The quantitative estimate of drug-likeness (QED) is 0.781. The summed E-state index contributed by atoms with van der Waals surface area (Å²) in [6.45, 7) is 5.67. The van der Waals surface area contributed by atoms with Crippen molar-refractivity contribution in [2.45, 2.75) is 25.4 Å². The lowest BCUT2D eigenvalue weighted by Crippen LogP contribution is -3.13. The van der Waals surface area contributed by atoms with Crippen LogP contribution < -0.4 is 10.2 Å². The van der Waals surface area contributed by atoms with Crippen LogP contribution >= 0.6 is 12.2 Å². The molecule has 2 aliphatic rings. The molecule has 3 nitrogen and oxygen atoms in total. The van der Waals surface area contributed by atoms with Crippen LogP contribution in [0.3, 0.4) is 0 Å². The van der Waals surface area contributed by atoms with Crippen molar-refractivity contribution in [3.63, 3.8) is 0 Å². The first-order chi connectivity index (χ1) is 9.31. The molecule has 1 saturated heterocycles. The molecule has 1 aliphatic heterocycles. The molecule has 0 bridgehead atoms. The summed E-state index contributed by atoms with van der Waals surface area (Å²) in [6, 6.07) is 11.4. The number of benzene rings is 1. The van der Waals surface area contributed by atoms with Crippen LogP contribution in [-0.2, 0) is 6.54 Å². The summed E-state index contributed by atoms with van der Waals surface area (Å²) >= 11 is 5.46. The predicted octanol–water partition coefficient (Wildman–Crippen LogP) is 0.424. The summed E-state index contributed by atoms with van der Waals surface area (Å²) in [6.07, 6.45) is 2.58. The second-order valence-electron chi connectivity index (χ2n) is 5.62. The van der Waals surface area contributed by atoms with E-state index in [9.17, 15) is 0 Å². The summed E-state index contributed by atoms with van der Waals surface area (Å²) in [5.74, 6) is 0. The highest BCUT2D eigenvalue weighted by molar-refractivity contribution is 7.80. The van der Waals surface area contributed by atoms with Crippen LogP contribution in [0, 0.1) is 0 Å². The smallest absolute Gasteiger partial charge is 0.169 e. The Labute approximate surface area is 120 Å². The molecule has 0 aromatic heterocycles. The highest BCUT2D eigenvalue weighted by atomic mass is 32.1. The Bertz CT molecular complexity index is 422. The van der Waals surface area contributed by atoms with E-state index >= 15 is 0 Å². The molecule has 0 amide bonds. The van der Waals surface area contributed by atoms with Crippen molar-refractivity contribution in [3.05, 3.63) is 35.9 Å². The molecule has 0 radical (unpaired) electrons. The van der Waals surface area contributed by atoms with E-state index in [1.54, 1.807) is 4.90 Å². The Morgan fingerprint density at radius 1 is 1.21 bits per heavy atom. The van der Waals surface area contributed by atoms with E-state index in [1.165, 1.54) is 31.5 Å². The van der Waals surface area contributed by atoms with Gasteiger partial charge in [-0.05, 0) is 25.1 Å². The number of nitrogens with zero attached hydrogens (tertiary/aromatic N) is 1. The number of piperazine rings is 1. The number of quaternary nitrogens is 1. The Morgan fingerprint density at radius 3 is 2.53 bits per heavy atom. The fourth-order valence-electron chi connectivity index (χ4n) is 2.58. The molecule has 1 aromatic rings. The Hall–Kier alpha value is -1.13. The van der Waals surface area contributed by atoms with Crippen molar-refractivity contribution >= 4 is 17.3 Å². The summed E-state index contributed by atoms with van der Waals surface area (Å²) in [5, 5.41) is 4.41. The van der Waals surface area contributed by atoms with E-state index in [-0.39, 0.29) is 0 Å². The second kappa shape index (κ2) is 5.88. The van der Waals surface area contributed by atoms with E-state index in [1.807, 2.05) is 0 Å². The first-order valence-corrected chi connectivity index (χ1v) is 7.65. The van der Waals surface area contributed by atoms with Gasteiger partial charge in [-0.15, -0.1) is 0 Å². The van der Waals surface area contributed by atoms with Gasteiger partial charge in [-0.25, -0.2) is 0 Å². The van der Waals surface area contributed by atoms with Gasteiger partial charge in [0.1, 0.15) is 6.54 Å². The molecule has 1 aliphatic carbocycles. The topological polar surface area (TPSA) is 19.7 Å². The second-order valence-corrected chi connectivity index (χ2v) is 6.01. The van der Waals surface area contributed by atoms with Crippen LogP contribution in [0.5, 0.6) is 0 Å². The summed E-state index contributed by atoms with van der Waals surface area (Å²) in [5.41, 5.74) is 1.43. The van der Waals surface area contributed by atoms with Gasteiger partial charge in [0, 0.05) is 11.6 Å². The van der Waals surface area contributed by atoms with E-state index < -0.39 is 0 Å². The normalized spacial score (nSPS) is 20.3. The van der Waals surface area contributed by atoms with Gasteiger partial charge in [-0.2, -0.15) is 0 Å². The number of thiocarbonyl (C=S) groups is 1. The molecular weight excluding hydrogens is 254 g/mol. The average molecular weight is 276 g/mol. The standard InChI is InChI=1S/C15H21N3S/c19-15(16-14-6-7-14)18-10-8-17(9-11-18)12-13-4-2-1-3-5-13/h1-5,14H,6-12H2,(H,16,19)/p+1. The van der Waals surface area contributed by atoms with Crippen molar-refractivity contribution in [1.82, 2.24) is 10.2 Å². The molecule has 4 heteroatoms. The average Bonchev–Trinajstić information content (AvgIpc) is 3.25. The molecule has 2 N–H and O–H groups in total. The molecule has 2 fully saturated rings. The third-order valence-corrected chi connectivity index (χ3v) is 4.34. The van der Waals surface area contributed by atoms with Crippen LogP contribution in [0.15, 0.2) is 30.3 Å². The van der Waals surface area contributed by atoms with Gasteiger partial charge in [-0.3, -0.25) is 0 Å². The van der Waals surface area contributed by atoms with Gasteiger partial charge in [0.25, 0.3) is 0 Å². The highest BCUT2D eigenvalue weighted by Crippen LogP contribution is 2.18. The van der Waals surface area contributed by atoms with E-state index in [0.717, 1.165) is 24.7 Å². The maximum absolute atomic E-state index is 5.46. The minimum atomic E-state index is 0.669. The number of rotatable bonds is 3. The minimum Gasteiger partial charge on any atom is -0.360 e. The van der Waals surface area contributed by atoms with Crippen molar-refractivity contribution in [2.75, 3.05) is 26.2 Å². The molecule has 102 valence electrons. The third-order valence-electron chi connectivity index (χ3n) is 3.96. The monoisotopic (exact) mass is 276 g/mol. The Morgan fingerprint density at radius 2 is 1.89 bits per heavy atom. The minimum absolute atomic E-state index is 0.669. The number of hydrogen-bond donors (Lipinski definition) is 2. The highest BCUT2D eigenvalue weighted by Gasteiger charge is 2.26. The zero-order valence-electron chi connectivity index (χ0n) is 11.3. The van der Waals surface area contributed by atoms with Crippen molar-refractivity contribution in [3.8, 4) is 0 Å². The zero-order valence-corrected chi connectivity index (χ0v) is 12.1. The van der Waals surface area contributed by atoms with Crippen LogP contribution in [0.1, 0.15) is 18.4 Å². The lowest BCUT2D eigenvalue weighted by atomic mass is 10.2. The molecular formula is C15H22N3S+. The van der Waals surface area contributed by atoms with Crippen molar-refractivity contribution < 1.29 is 4.90 Å². The molecule has 0 atom stereocenters. The maximum Gasteiger partial charge on any atom is 0.169 e. The molecule has 0 spiro atoms. The SMILES string of the molecule is S=C(NC1CC1)N1CC[NH+](Cc2ccccc2)CC1. The first-order valence-electron chi connectivity index (χ1n) is 7.24. The molecule has 19 heavy (non-hydrogen) atoms. The molecule has 3 rings (SSSR count). The van der Waals surface area contributed by atoms with Gasteiger partial charge >= 0.3 is 0 Å². The fraction of sp³-hybridized carbons (Fsp3) is 0.533. The van der Waals surface area contributed by atoms with E-state index in [0.29, 0.717) is 6.04 Å². The lowest BCUT2D eigenvalue weighted by Gasteiger charge is -2.34. The van der Waals surface area contributed by atoms with Gasteiger partial charge in [0.15, 0.2) is 5.11 Å². The van der Waals surface area contributed by atoms with Crippen molar-refractivity contribution in [2.24, 2.45) is 0 Å². The summed E-state index contributed by atoms with van der Waals surface area (Å²) in [7, 11) is 0. The molecule has 0 unspecified atom stereocenters. The van der Waals surface area contributed by atoms with Crippen LogP contribution in [0.25, 0.3) is 0 Å². The lowest BCUT2D eigenvalue weighted by molar-refractivity contribution is -0.917. The zero-order chi connectivity index (χ0) is 13.1.